The van der Waals surface area contributed by atoms with Crippen molar-refractivity contribution < 1.29 is 9.53 Å². The van der Waals surface area contributed by atoms with Gasteiger partial charge < -0.3 is 10.5 Å². The van der Waals surface area contributed by atoms with Crippen molar-refractivity contribution in [1.82, 2.24) is 4.98 Å². The number of halogens is 1. The van der Waals surface area contributed by atoms with Crippen molar-refractivity contribution in [2.24, 2.45) is 0 Å². The maximum atomic E-state index is 11.5. The van der Waals surface area contributed by atoms with Gasteiger partial charge in [0.25, 0.3) is 0 Å². The molecule has 0 aliphatic carbocycles. The lowest BCUT2D eigenvalue weighted by atomic mass is 10.1. The lowest BCUT2D eigenvalue weighted by Crippen LogP contribution is -2.04. The fourth-order valence-electron chi connectivity index (χ4n) is 1.51. The van der Waals surface area contributed by atoms with Crippen molar-refractivity contribution in [3.05, 3.63) is 34.4 Å². The lowest BCUT2D eigenvalue weighted by molar-refractivity contribution is 0.0602. The van der Waals surface area contributed by atoms with Crippen LogP contribution in [0.15, 0.2) is 28.9 Å². The highest BCUT2D eigenvalue weighted by Crippen LogP contribution is 2.26. The third kappa shape index (κ3) is 1.74. The largest absolute Gasteiger partial charge is 0.465 e. The monoisotopic (exact) mass is 280 g/mol. The number of pyridine rings is 1. The molecular weight excluding hydrogens is 272 g/mol. The number of fused-ring (bicyclic) bond motifs is 1. The molecule has 1 aromatic heterocycles. The Morgan fingerprint density at radius 1 is 1.44 bits per heavy atom. The van der Waals surface area contributed by atoms with Crippen LogP contribution in [-0.4, -0.2) is 18.1 Å². The molecule has 1 aromatic carbocycles. The summed E-state index contributed by atoms with van der Waals surface area (Å²) in [6.07, 6.45) is 1.43. The molecule has 2 rings (SSSR count). The summed E-state index contributed by atoms with van der Waals surface area (Å²) < 4.78 is 5.56. The average Bonchev–Trinajstić information content (AvgIpc) is 2.28. The summed E-state index contributed by atoms with van der Waals surface area (Å²) in [6.45, 7) is 0. The van der Waals surface area contributed by atoms with Crippen LogP contribution in [0, 0.1) is 0 Å². The molecule has 16 heavy (non-hydrogen) atoms. The third-order valence-electron chi connectivity index (χ3n) is 2.29. The number of benzene rings is 1. The predicted molar refractivity (Wildman–Crippen MR) is 65.2 cm³/mol. The minimum Gasteiger partial charge on any atom is -0.465 e. The number of carbonyl (C=O) groups excluding carboxylic acids is 1. The fourth-order valence-corrected chi connectivity index (χ4v) is 1.87. The van der Waals surface area contributed by atoms with E-state index in [9.17, 15) is 4.79 Å². The molecule has 0 spiro atoms. The number of hydrogen-bond donors (Lipinski definition) is 1. The first-order valence-electron chi connectivity index (χ1n) is 4.55. The highest BCUT2D eigenvalue weighted by molar-refractivity contribution is 9.10. The number of esters is 1. The molecule has 0 amide bonds. The topological polar surface area (TPSA) is 65.2 Å². The van der Waals surface area contributed by atoms with Crippen LogP contribution in [-0.2, 0) is 4.74 Å². The molecule has 5 heteroatoms. The first-order chi connectivity index (χ1) is 7.63. The zero-order valence-corrected chi connectivity index (χ0v) is 10.1. The minimum absolute atomic E-state index is 0.398. The van der Waals surface area contributed by atoms with Crippen LogP contribution in [0.5, 0.6) is 0 Å². The molecule has 0 saturated heterocycles. The molecule has 4 nitrogen and oxygen atoms in total. The van der Waals surface area contributed by atoms with E-state index in [0.717, 1.165) is 15.2 Å². The lowest BCUT2D eigenvalue weighted by Gasteiger charge is -2.06. The molecule has 0 unspecified atom stereocenters. The maximum absolute atomic E-state index is 11.5. The van der Waals surface area contributed by atoms with Crippen molar-refractivity contribution in [3.63, 3.8) is 0 Å². The number of anilines is 1. The zero-order chi connectivity index (χ0) is 11.7. The van der Waals surface area contributed by atoms with Crippen molar-refractivity contribution in [2.75, 3.05) is 12.8 Å². The van der Waals surface area contributed by atoms with Gasteiger partial charge in [0.1, 0.15) is 5.82 Å². The smallest absolute Gasteiger partial charge is 0.340 e. The van der Waals surface area contributed by atoms with Gasteiger partial charge in [-0.15, -0.1) is 0 Å². The van der Waals surface area contributed by atoms with Crippen LogP contribution in [0.3, 0.4) is 0 Å². The molecule has 0 radical (unpaired) electrons. The van der Waals surface area contributed by atoms with Gasteiger partial charge >= 0.3 is 5.97 Å². The average molecular weight is 281 g/mol. The molecule has 2 aromatic rings. The van der Waals surface area contributed by atoms with Gasteiger partial charge in [-0.3, -0.25) is 0 Å². The van der Waals surface area contributed by atoms with Gasteiger partial charge in [0.2, 0.25) is 0 Å². The number of hydrogen-bond acceptors (Lipinski definition) is 4. The number of rotatable bonds is 1. The number of nitrogens with two attached hydrogens (primary N) is 1. The van der Waals surface area contributed by atoms with Crippen molar-refractivity contribution in [1.29, 1.82) is 0 Å². The minimum atomic E-state index is -0.421. The second-order valence-electron chi connectivity index (χ2n) is 3.24. The summed E-state index contributed by atoms with van der Waals surface area (Å²) in [5, 5.41) is 1.47. The fraction of sp³-hybridized carbons (Fsp3) is 0.0909. The van der Waals surface area contributed by atoms with Gasteiger partial charge in [0.05, 0.1) is 12.7 Å². The second-order valence-corrected chi connectivity index (χ2v) is 4.15. The molecule has 0 atom stereocenters. The van der Waals surface area contributed by atoms with Gasteiger partial charge in [-0.1, -0.05) is 15.9 Å². The summed E-state index contributed by atoms with van der Waals surface area (Å²) in [5.74, 6) is -0.0225. The first-order valence-corrected chi connectivity index (χ1v) is 5.35. The van der Waals surface area contributed by atoms with E-state index in [1.807, 2.05) is 18.2 Å². The van der Waals surface area contributed by atoms with Crippen LogP contribution in [0.25, 0.3) is 10.8 Å². The molecule has 2 N–H and O–H groups in total. The highest BCUT2D eigenvalue weighted by atomic mass is 79.9. The van der Waals surface area contributed by atoms with Crippen molar-refractivity contribution >= 4 is 38.5 Å². The molecule has 82 valence electrons. The van der Waals surface area contributed by atoms with Crippen LogP contribution >= 0.6 is 15.9 Å². The van der Waals surface area contributed by atoms with Crippen LogP contribution in [0.2, 0.25) is 0 Å². The summed E-state index contributed by atoms with van der Waals surface area (Å²) in [6, 6.07) is 5.48. The Morgan fingerprint density at radius 3 is 2.88 bits per heavy atom. The Hall–Kier alpha value is -1.62. The normalized spacial score (nSPS) is 10.4. The Balaban J connectivity index is 2.80. The number of nitrogens with zero attached hydrogens (tertiary/aromatic N) is 1. The van der Waals surface area contributed by atoms with Crippen molar-refractivity contribution in [3.8, 4) is 0 Å². The van der Waals surface area contributed by atoms with E-state index < -0.39 is 5.97 Å². The van der Waals surface area contributed by atoms with Crippen LogP contribution in [0.1, 0.15) is 10.4 Å². The number of methoxy groups -OCH3 is 1. The second kappa shape index (κ2) is 4.09. The molecule has 1 heterocycles. The maximum Gasteiger partial charge on any atom is 0.340 e. The Bertz CT molecular complexity index is 569. The molecule has 0 saturated carbocycles. The van der Waals surface area contributed by atoms with E-state index in [0.29, 0.717) is 11.4 Å². The van der Waals surface area contributed by atoms with E-state index in [1.54, 1.807) is 0 Å². The number of nitrogen functional groups attached to an aromatic ring is 1. The quantitative estimate of drug-likeness (QED) is 0.815. The Kier molecular flexibility index (Phi) is 2.78. The van der Waals surface area contributed by atoms with E-state index in [4.69, 9.17) is 5.73 Å². The molecular formula is C11H9BrN2O2. The summed E-state index contributed by atoms with van der Waals surface area (Å²) in [4.78, 5) is 15.5. The SMILES string of the molecule is COC(=O)c1cnc(N)c2ccc(Br)cc12. The van der Waals surface area contributed by atoms with E-state index in [1.165, 1.54) is 13.3 Å². The summed E-state index contributed by atoms with van der Waals surface area (Å²) >= 11 is 3.35. The third-order valence-corrected chi connectivity index (χ3v) is 2.78. The summed E-state index contributed by atoms with van der Waals surface area (Å²) in [5.41, 5.74) is 6.15. The van der Waals surface area contributed by atoms with Crippen LogP contribution in [0.4, 0.5) is 5.82 Å². The van der Waals surface area contributed by atoms with Gasteiger partial charge in [-0.25, -0.2) is 9.78 Å². The van der Waals surface area contributed by atoms with Crippen molar-refractivity contribution in [2.45, 2.75) is 0 Å². The zero-order valence-electron chi connectivity index (χ0n) is 8.53. The van der Waals surface area contributed by atoms with E-state index in [2.05, 4.69) is 25.7 Å². The van der Waals surface area contributed by atoms with Gasteiger partial charge in [0, 0.05) is 21.4 Å². The van der Waals surface area contributed by atoms with Crippen LogP contribution < -0.4 is 5.73 Å². The van der Waals surface area contributed by atoms with E-state index in [-0.39, 0.29) is 0 Å². The first kappa shape index (κ1) is 10.9. The highest BCUT2D eigenvalue weighted by Gasteiger charge is 2.12. The standard InChI is InChI=1S/C11H9BrN2O2/c1-16-11(15)9-5-14-10(13)7-3-2-6(12)4-8(7)9/h2-5H,1H3,(H2,13,14). The predicted octanol–water partition coefficient (Wildman–Crippen LogP) is 2.37. The number of aromatic nitrogens is 1. The number of carbonyl (C=O) groups is 1. The summed E-state index contributed by atoms with van der Waals surface area (Å²) in [7, 11) is 1.34. The molecule has 0 fully saturated rings. The molecule has 0 aliphatic heterocycles. The molecule has 0 bridgehead atoms. The van der Waals surface area contributed by atoms with Gasteiger partial charge in [-0.05, 0) is 18.2 Å². The van der Waals surface area contributed by atoms with E-state index >= 15 is 0 Å². The Morgan fingerprint density at radius 2 is 2.19 bits per heavy atom. The van der Waals surface area contributed by atoms with Gasteiger partial charge in [0.15, 0.2) is 0 Å². The van der Waals surface area contributed by atoms with Gasteiger partial charge in [-0.2, -0.15) is 0 Å². The molecule has 0 aliphatic rings. The Labute approximate surface area is 101 Å². The number of ether oxygens (including phenoxy) is 1.